The molecule has 0 radical (unpaired) electrons. The Labute approximate surface area is 191 Å². The number of hydrogen-bond acceptors (Lipinski definition) is 3. The predicted octanol–water partition coefficient (Wildman–Crippen LogP) is 6.24. The van der Waals surface area contributed by atoms with Gasteiger partial charge in [0.05, 0.1) is 18.1 Å². The van der Waals surface area contributed by atoms with Crippen LogP contribution in [-0.2, 0) is 21.4 Å². The molecule has 2 aliphatic rings. The van der Waals surface area contributed by atoms with Gasteiger partial charge < -0.3 is 14.6 Å². The average Bonchev–Trinajstić information content (AvgIpc) is 2.71. The number of aryl methyl sites for hydroxylation is 2. The standard InChI is InChI=1S/C28H36O4/c1-17-14-20-24-22(28(5,6)32-25(20)21(15-17)27(2,3)4)16-19(26(29)30)23(31-24)13-12-18-10-8-7-9-11-18/h7-11,14-15,19,22-24H,12-13,16H2,1-6H3,(H,29,30)/t19-,22+,23+,24-/m1/s1. The van der Waals surface area contributed by atoms with E-state index in [4.69, 9.17) is 9.47 Å². The van der Waals surface area contributed by atoms with Crippen LogP contribution < -0.4 is 4.74 Å². The van der Waals surface area contributed by atoms with Gasteiger partial charge in [-0.2, -0.15) is 0 Å². The van der Waals surface area contributed by atoms with Crippen molar-refractivity contribution >= 4 is 5.97 Å². The number of benzene rings is 2. The lowest BCUT2D eigenvalue weighted by Crippen LogP contribution is -2.52. The number of hydrogen-bond donors (Lipinski definition) is 1. The van der Waals surface area contributed by atoms with Crippen LogP contribution in [0, 0.1) is 18.8 Å². The molecule has 0 aliphatic carbocycles. The molecule has 2 aromatic carbocycles. The third-order valence-corrected chi connectivity index (χ3v) is 7.16. The first kappa shape index (κ1) is 22.8. The van der Waals surface area contributed by atoms with E-state index in [1.165, 1.54) is 16.7 Å². The molecule has 4 nitrogen and oxygen atoms in total. The zero-order valence-electron chi connectivity index (χ0n) is 20.1. The molecule has 0 amide bonds. The van der Waals surface area contributed by atoms with Crippen LogP contribution in [0.2, 0.25) is 0 Å². The van der Waals surface area contributed by atoms with E-state index in [1.807, 2.05) is 18.2 Å². The van der Waals surface area contributed by atoms with E-state index in [0.29, 0.717) is 12.8 Å². The van der Waals surface area contributed by atoms with Crippen LogP contribution >= 0.6 is 0 Å². The molecular formula is C28H36O4. The minimum Gasteiger partial charge on any atom is -0.487 e. The molecule has 0 bridgehead atoms. The lowest BCUT2D eigenvalue weighted by molar-refractivity contribution is -0.188. The van der Waals surface area contributed by atoms with Crippen molar-refractivity contribution in [3.8, 4) is 5.75 Å². The van der Waals surface area contributed by atoms with Crippen LogP contribution in [0.25, 0.3) is 0 Å². The lowest BCUT2D eigenvalue weighted by Gasteiger charge is -2.51. The van der Waals surface area contributed by atoms with Crippen LogP contribution in [0.15, 0.2) is 42.5 Å². The van der Waals surface area contributed by atoms with E-state index in [0.717, 1.165) is 17.7 Å². The third kappa shape index (κ3) is 4.30. The Morgan fingerprint density at radius 3 is 2.47 bits per heavy atom. The first-order valence-electron chi connectivity index (χ1n) is 11.7. The van der Waals surface area contributed by atoms with Crippen LogP contribution in [0.4, 0.5) is 0 Å². The molecule has 0 saturated carbocycles. The highest BCUT2D eigenvalue weighted by Gasteiger charge is 2.52. The van der Waals surface area contributed by atoms with Crippen LogP contribution in [0.3, 0.4) is 0 Å². The summed E-state index contributed by atoms with van der Waals surface area (Å²) in [7, 11) is 0. The highest BCUT2D eigenvalue weighted by atomic mass is 16.5. The van der Waals surface area contributed by atoms with Crippen LogP contribution in [0.1, 0.15) is 75.8 Å². The molecule has 0 aromatic heterocycles. The Morgan fingerprint density at radius 2 is 1.84 bits per heavy atom. The summed E-state index contributed by atoms with van der Waals surface area (Å²) in [5.74, 6) is -0.400. The molecule has 2 aromatic rings. The third-order valence-electron chi connectivity index (χ3n) is 7.16. The van der Waals surface area contributed by atoms with Crippen molar-refractivity contribution in [2.24, 2.45) is 11.8 Å². The summed E-state index contributed by atoms with van der Waals surface area (Å²) in [6, 6.07) is 14.6. The number of fused-ring (bicyclic) bond motifs is 3. The van der Waals surface area contributed by atoms with Crippen molar-refractivity contribution in [2.45, 2.75) is 84.0 Å². The van der Waals surface area contributed by atoms with Crippen molar-refractivity contribution in [2.75, 3.05) is 0 Å². The highest BCUT2D eigenvalue weighted by molar-refractivity contribution is 5.71. The fraction of sp³-hybridized carbons (Fsp3) is 0.536. The van der Waals surface area contributed by atoms with Crippen LogP contribution in [-0.4, -0.2) is 22.8 Å². The Bertz CT molecular complexity index is 986. The van der Waals surface area contributed by atoms with Gasteiger partial charge >= 0.3 is 5.97 Å². The molecule has 0 unspecified atom stereocenters. The normalized spacial score (nSPS) is 26.6. The minimum absolute atomic E-state index is 0.0151. The maximum Gasteiger partial charge on any atom is 0.309 e. The highest BCUT2D eigenvalue weighted by Crippen LogP contribution is 2.54. The molecule has 4 atom stereocenters. The molecule has 2 aliphatic heterocycles. The number of aliphatic carboxylic acids is 1. The van der Waals surface area contributed by atoms with Gasteiger partial charge in [-0.25, -0.2) is 0 Å². The molecule has 2 heterocycles. The smallest absolute Gasteiger partial charge is 0.309 e. The van der Waals surface area contributed by atoms with Gasteiger partial charge in [-0.3, -0.25) is 4.79 Å². The Kier molecular flexibility index (Phi) is 5.87. The predicted molar refractivity (Wildman–Crippen MR) is 126 cm³/mol. The van der Waals surface area contributed by atoms with Crippen LogP contribution in [0.5, 0.6) is 5.75 Å². The topological polar surface area (TPSA) is 55.8 Å². The quantitative estimate of drug-likeness (QED) is 0.616. The van der Waals surface area contributed by atoms with Crippen molar-refractivity contribution in [3.63, 3.8) is 0 Å². The summed E-state index contributed by atoms with van der Waals surface area (Å²) in [6.45, 7) is 12.9. The van der Waals surface area contributed by atoms with Gasteiger partial charge in [0.25, 0.3) is 0 Å². The first-order chi connectivity index (χ1) is 15.0. The fourth-order valence-electron chi connectivity index (χ4n) is 5.37. The van der Waals surface area contributed by atoms with E-state index >= 15 is 0 Å². The van der Waals surface area contributed by atoms with E-state index in [2.05, 4.69) is 65.8 Å². The Morgan fingerprint density at radius 1 is 1.16 bits per heavy atom. The summed E-state index contributed by atoms with van der Waals surface area (Å²) in [4.78, 5) is 12.2. The fourth-order valence-corrected chi connectivity index (χ4v) is 5.37. The maximum atomic E-state index is 12.2. The number of carboxylic acids is 1. The number of ether oxygens (including phenoxy) is 2. The first-order valence-corrected chi connectivity index (χ1v) is 11.7. The average molecular weight is 437 g/mol. The molecule has 4 heteroatoms. The van der Waals surface area contributed by atoms with E-state index < -0.39 is 17.5 Å². The summed E-state index contributed by atoms with van der Waals surface area (Å²) in [6.07, 6.45) is 1.57. The van der Waals surface area contributed by atoms with Gasteiger partial charge in [0.1, 0.15) is 11.4 Å². The summed E-state index contributed by atoms with van der Waals surface area (Å²) >= 11 is 0. The molecular weight excluding hydrogens is 400 g/mol. The Balaban J connectivity index is 1.72. The summed E-state index contributed by atoms with van der Waals surface area (Å²) < 4.78 is 13.3. The largest absolute Gasteiger partial charge is 0.487 e. The summed E-state index contributed by atoms with van der Waals surface area (Å²) in [5.41, 5.74) is 4.08. The van der Waals surface area contributed by atoms with Gasteiger partial charge in [-0.05, 0) is 57.1 Å². The van der Waals surface area contributed by atoms with Gasteiger partial charge in [0.15, 0.2) is 0 Å². The Hall–Kier alpha value is -2.33. The molecule has 1 N–H and O–H groups in total. The molecule has 172 valence electrons. The van der Waals surface area contributed by atoms with Gasteiger partial charge in [-0.15, -0.1) is 0 Å². The molecule has 32 heavy (non-hydrogen) atoms. The number of carbonyl (C=O) groups is 1. The zero-order chi connectivity index (χ0) is 23.3. The van der Waals surface area contributed by atoms with Crippen molar-refractivity contribution < 1.29 is 19.4 Å². The lowest BCUT2D eigenvalue weighted by atomic mass is 9.70. The molecule has 1 saturated heterocycles. The number of carboxylic acid groups (broad SMARTS) is 1. The maximum absolute atomic E-state index is 12.2. The van der Waals surface area contributed by atoms with Gasteiger partial charge in [0, 0.05) is 17.0 Å². The number of rotatable bonds is 4. The zero-order valence-corrected chi connectivity index (χ0v) is 20.1. The second-order valence-electron chi connectivity index (χ2n) is 11.1. The van der Waals surface area contributed by atoms with Crippen molar-refractivity contribution in [3.05, 3.63) is 64.7 Å². The summed E-state index contributed by atoms with van der Waals surface area (Å²) in [5, 5.41) is 10.0. The monoisotopic (exact) mass is 436 g/mol. The molecule has 0 spiro atoms. The minimum atomic E-state index is -0.775. The van der Waals surface area contributed by atoms with E-state index in [1.54, 1.807) is 0 Å². The van der Waals surface area contributed by atoms with Crippen molar-refractivity contribution in [1.29, 1.82) is 0 Å². The SMILES string of the molecule is Cc1cc2c(c(C(C)(C)C)c1)OC(C)(C)[C@H]1C[C@@H](C(=O)O)[C@H](CCc3ccccc3)O[C@H]21. The van der Waals surface area contributed by atoms with Gasteiger partial charge in [0.2, 0.25) is 0 Å². The second-order valence-corrected chi connectivity index (χ2v) is 11.1. The molecule has 4 rings (SSSR count). The van der Waals surface area contributed by atoms with E-state index in [-0.39, 0.29) is 23.5 Å². The van der Waals surface area contributed by atoms with E-state index in [9.17, 15) is 9.90 Å². The van der Waals surface area contributed by atoms with Crippen molar-refractivity contribution in [1.82, 2.24) is 0 Å². The molecule has 1 fully saturated rings. The van der Waals surface area contributed by atoms with Gasteiger partial charge in [-0.1, -0.05) is 62.7 Å². The second kappa shape index (κ2) is 8.22.